The maximum absolute atomic E-state index is 11.0. The molecule has 0 saturated carbocycles. The number of anilines is 1. The van der Waals surface area contributed by atoms with Gasteiger partial charge in [0.2, 0.25) is 5.91 Å². The number of nitrogens with zero attached hydrogens (tertiary/aromatic N) is 1. The number of benzene rings is 1. The van der Waals surface area contributed by atoms with Crippen molar-refractivity contribution in [1.29, 1.82) is 0 Å². The fourth-order valence-corrected chi connectivity index (χ4v) is 2.12. The van der Waals surface area contributed by atoms with Crippen LogP contribution in [0.25, 0.3) is 0 Å². The van der Waals surface area contributed by atoms with E-state index < -0.39 is 0 Å². The Balaban J connectivity index is 1.70. The van der Waals surface area contributed by atoms with Crippen molar-refractivity contribution < 1.29 is 9.53 Å². The first kappa shape index (κ1) is 12.7. The molecule has 1 aliphatic rings. The Morgan fingerprint density at radius 2 is 2.11 bits per heavy atom. The molecule has 2 rings (SSSR count). The molecule has 1 unspecified atom stereocenters. The molecule has 1 fully saturated rings. The number of hydrogen-bond donors (Lipinski definition) is 2. The molecule has 1 atom stereocenters. The van der Waals surface area contributed by atoms with E-state index in [1.807, 2.05) is 24.3 Å². The first-order valence-corrected chi connectivity index (χ1v) is 6.15. The third-order valence-electron chi connectivity index (χ3n) is 3.23. The quantitative estimate of drug-likeness (QED) is 0.743. The van der Waals surface area contributed by atoms with Crippen molar-refractivity contribution in [2.24, 2.45) is 11.7 Å². The van der Waals surface area contributed by atoms with Crippen LogP contribution in [0.4, 0.5) is 5.69 Å². The number of ether oxygens (including phenoxy) is 1. The van der Waals surface area contributed by atoms with Gasteiger partial charge in [-0.1, -0.05) is 0 Å². The summed E-state index contributed by atoms with van der Waals surface area (Å²) in [4.78, 5) is 13.2. The largest absolute Gasteiger partial charge is 0.492 e. The average molecular weight is 249 g/mol. The molecule has 0 aliphatic carbocycles. The van der Waals surface area contributed by atoms with E-state index in [-0.39, 0.29) is 11.8 Å². The van der Waals surface area contributed by atoms with Gasteiger partial charge in [-0.05, 0) is 37.2 Å². The highest BCUT2D eigenvalue weighted by atomic mass is 16.5. The smallest absolute Gasteiger partial charge is 0.221 e. The standard InChI is InChI=1S/C13H19N3O2/c14-11-1-3-12(4-2-11)18-8-7-16-6-5-10(9-16)13(15)17/h1-4,10H,5-9,14H2,(H2,15,17). The van der Waals surface area contributed by atoms with Gasteiger partial charge < -0.3 is 16.2 Å². The van der Waals surface area contributed by atoms with Gasteiger partial charge >= 0.3 is 0 Å². The Kier molecular flexibility index (Phi) is 4.04. The topological polar surface area (TPSA) is 81.6 Å². The molecule has 0 spiro atoms. The summed E-state index contributed by atoms with van der Waals surface area (Å²) < 4.78 is 5.61. The monoisotopic (exact) mass is 249 g/mol. The zero-order valence-electron chi connectivity index (χ0n) is 10.3. The van der Waals surface area contributed by atoms with Crippen molar-refractivity contribution in [3.63, 3.8) is 0 Å². The normalized spacial score (nSPS) is 19.9. The molecule has 1 heterocycles. The van der Waals surface area contributed by atoms with Gasteiger partial charge in [0.15, 0.2) is 0 Å². The third-order valence-corrected chi connectivity index (χ3v) is 3.23. The molecule has 0 radical (unpaired) electrons. The van der Waals surface area contributed by atoms with Gasteiger partial charge in [-0.3, -0.25) is 9.69 Å². The Morgan fingerprint density at radius 3 is 2.72 bits per heavy atom. The van der Waals surface area contributed by atoms with Crippen molar-refractivity contribution in [2.75, 3.05) is 32.0 Å². The average Bonchev–Trinajstić information content (AvgIpc) is 2.81. The molecule has 1 aromatic rings. The molecule has 5 heteroatoms. The van der Waals surface area contributed by atoms with Crippen molar-refractivity contribution in [3.05, 3.63) is 24.3 Å². The fourth-order valence-electron chi connectivity index (χ4n) is 2.12. The van der Waals surface area contributed by atoms with Gasteiger partial charge in [0, 0.05) is 18.8 Å². The molecule has 4 N–H and O–H groups in total. The van der Waals surface area contributed by atoms with Crippen LogP contribution < -0.4 is 16.2 Å². The number of carbonyl (C=O) groups is 1. The molecule has 98 valence electrons. The van der Waals surface area contributed by atoms with Crippen molar-refractivity contribution in [3.8, 4) is 5.75 Å². The highest BCUT2D eigenvalue weighted by Crippen LogP contribution is 2.16. The summed E-state index contributed by atoms with van der Waals surface area (Å²) in [6, 6.07) is 7.33. The number of amides is 1. The summed E-state index contributed by atoms with van der Waals surface area (Å²) in [6.07, 6.45) is 0.858. The van der Waals surface area contributed by atoms with Crippen LogP contribution in [0, 0.1) is 5.92 Å². The van der Waals surface area contributed by atoms with E-state index in [4.69, 9.17) is 16.2 Å². The molecule has 5 nitrogen and oxygen atoms in total. The SMILES string of the molecule is NC(=O)C1CCN(CCOc2ccc(N)cc2)C1. The molecule has 1 amide bonds. The second-order valence-electron chi connectivity index (χ2n) is 4.61. The van der Waals surface area contributed by atoms with Crippen molar-refractivity contribution in [2.45, 2.75) is 6.42 Å². The van der Waals surface area contributed by atoms with Gasteiger partial charge in [0.05, 0.1) is 5.92 Å². The first-order valence-electron chi connectivity index (χ1n) is 6.15. The van der Waals surface area contributed by atoms with E-state index in [1.165, 1.54) is 0 Å². The number of rotatable bonds is 5. The summed E-state index contributed by atoms with van der Waals surface area (Å²) >= 11 is 0. The zero-order valence-corrected chi connectivity index (χ0v) is 10.3. The predicted molar refractivity (Wildman–Crippen MR) is 70.1 cm³/mol. The molecule has 1 saturated heterocycles. The zero-order chi connectivity index (χ0) is 13.0. The molecule has 0 aromatic heterocycles. The van der Waals surface area contributed by atoms with Gasteiger partial charge in [-0.2, -0.15) is 0 Å². The Bertz CT molecular complexity index is 405. The lowest BCUT2D eigenvalue weighted by molar-refractivity contribution is -0.121. The van der Waals surface area contributed by atoms with Crippen LogP contribution in [-0.2, 0) is 4.79 Å². The van der Waals surface area contributed by atoms with Gasteiger partial charge in [-0.15, -0.1) is 0 Å². The van der Waals surface area contributed by atoms with Crippen LogP contribution in [0.1, 0.15) is 6.42 Å². The summed E-state index contributed by atoms with van der Waals surface area (Å²) in [6.45, 7) is 3.09. The van der Waals surface area contributed by atoms with E-state index in [0.717, 1.165) is 37.5 Å². The van der Waals surface area contributed by atoms with E-state index in [9.17, 15) is 4.79 Å². The van der Waals surface area contributed by atoms with E-state index in [0.29, 0.717) is 6.61 Å². The Morgan fingerprint density at radius 1 is 1.39 bits per heavy atom. The maximum atomic E-state index is 11.0. The fraction of sp³-hybridized carbons (Fsp3) is 0.462. The van der Waals surface area contributed by atoms with Crippen LogP contribution in [0.5, 0.6) is 5.75 Å². The van der Waals surface area contributed by atoms with Crippen LogP contribution in [0.3, 0.4) is 0 Å². The minimum atomic E-state index is -0.197. The highest BCUT2D eigenvalue weighted by Gasteiger charge is 2.25. The minimum Gasteiger partial charge on any atom is -0.492 e. The predicted octanol–water partition coefficient (Wildman–Crippen LogP) is 0.455. The van der Waals surface area contributed by atoms with Gasteiger partial charge in [-0.25, -0.2) is 0 Å². The number of nitrogen functional groups attached to an aromatic ring is 1. The Hall–Kier alpha value is -1.75. The summed E-state index contributed by atoms with van der Waals surface area (Å²) in [5.74, 6) is 0.619. The van der Waals surface area contributed by atoms with Crippen LogP contribution in [0.15, 0.2) is 24.3 Å². The first-order chi connectivity index (χ1) is 8.65. The van der Waals surface area contributed by atoms with Crippen LogP contribution in [-0.4, -0.2) is 37.0 Å². The maximum Gasteiger partial charge on any atom is 0.221 e. The van der Waals surface area contributed by atoms with E-state index >= 15 is 0 Å². The lowest BCUT2D eigenvalue weighted by atomic mass is 10.1. The minimum absolute atomic E-state index is 0.00141. The number of hydrogen-bond acceptors (Lipinski definition) is 4. The molecular weight excluding hydrogens is 230 g/mol. The van der Waals surface area contributed by atoms with Gasteiger partial charge in [0.1, 0.15) is 12.4 Å². The molecular formula is C13H19N3O2. The second kappa shape index (κ2) is 5.73. The molecule has 0 bridgehead atoms. The van der Waals surface area contributed by atoms with Crippen molar-refractivity contribution in [1.82, 2.24) is 4.90 Å². The summed E-state index contributed by atoms with van der Waals surface area (Å²) in [7, 11) is 0. The molecule has 1 aromatic carbocycles. The van der Waals surface area contributed by atoms with Crippen LogP contribution in [0.2, 0.25) is 0 Å². The number of carbonyl (C=O) groups excluding carboxylic acids is 1. The number of primary amides is 1. The lowest BCUT2D eigenvalue weighted by Crippen LogP contribution is -2.30. The molecule has 18 heavy (non-hydrogen) atoms. The Labute approximate surface area is 107 Å². The highest BCUT2D eigenvalue weighted by molar-refractivity contribution is 5.77. The van der Waals surface area contributed by atoms with E-state index in [2.05, 4.69) is 4.90 Å². The lowest BCUT2D eigenvalue weighted by Gasteiger charge is -2.15. The second-order valence-corrected chi connectivity index (χ2v) is 4.61. The number of nitrogens with two attached hydrogens (primary N) is 2. The number of likely N-dealkylation sites (tertiary alicyclic amines) is 1. The molecule has 1 aliphatic heterocycles. The van der Waals surface area contributed by atoms with Crippen LogP contribution >= 0.6 is 0 Å². The third kappa shape index (κ3) is 3.37. The van der Waals surface area contributed by atoms with E-state index in [1.54, 1.807) is 0 Å². The van der Waals surface area contributed by atoms with Gasteiger partial charge in [0.25, 0.3) is 0 Å². The summed E-state index contributed by atoms with van der Waals surface area (Å²) in [5, 5.41) is 0. The summed E-state index contributed by atoms with van der Waals surface area (Å²) in [5.41, 5.74) is 11.6. The van der Waals surface area contributed by atoms with Crippen molar-refractivity contribution >= 4 is 11.6 Å².